The lowest BCUT2D eigenvalue weighted by molar-refractivity contribution is -0.120. The summed E-state index contributed by atoms with van der Waals surface area (Å²) in [5.74, 6) is 0.603. The van der Waals surface area contributed by atoms with Gasteiger partial charge in [0.15, 0.2) is 11.7 Å². The minimum atomic E-state index is -0.0881. The fourth-order valence-corrected chi connectivity index (χ4v) is 5.41. The summed E-state index contributed by atoms with van der Waals surface area (Å²) >= 11 is 1.57. The molecular weight excluding hydrogens is 446 g/mol. The maximum absolute atomic E-state index is 13.4. The van der Waals surface area contributed by atoms with Crippen molar-refractivity contribution in [2.24, 2.45) is 0 Å². The van der Waals surface area contributed by atoms with Crippen LogP contribution in [0.15, 0.2) is 54.6 Å². The molecule has 0 saturated carbocycles. The van der Waals surface area contributed by atoms with Crippen LogP contribution in [0.5, 0.6) is 5.75 Å². The van der Waals surface area contributed by atoms with Crippen LogP contribution in [0.25, 0.3) is 21.0 Å². The van der Waals surface area contributed by atoms with Gasteiger partial charge in [-0.2, -0.15) is 0 Å². The molecule has 34 heavy (non-hydrogen) atoms. The minimum Gasteiger partial charge on any atom is -0.484 e. The highest BCUT2D eigenvalue weighted by Gasteiger charge is 2.22. The third-order valence-corrected chi connectivity index (χ3v) is 7.40. The number of carbonyl (C=O) groups is 1. The maximum Gasteiger partial charge on any atom is 0.266 e. The summed E-state index contributed by atoms with van der Waals surface area (Å²) in [6, 6.07) is 18.3. The first-order chi connectivity index (χ1) is 16.6. The predicted octanol–water partition coefficient (Wildman–Crippen LogP) is 4.81. The molecule has 1 saturated heterocycles. The van der Waals surface area contributed by atoms with Gasteiger partial charge < -0.3 is 9.47 Å². The molecule has 0 bridgehead atoms. The second-order valence-electron chi connectivity index (χ2n) is 8.72. The molecule has 0 spiro atoms. The van der Waals surface area contributed by atoms with E-state index in [1.54, 1.807) is 16.2 Å². The van der Waals surface area contributed by atoms with Gasteiger partial charge in [0.25, 0.3) is 5.91 Å². The second kappa shape index (κ2) is 10.1. The molecule has 7 heteroatoms. The topological polar surface area (TPSA) is 54.9 Å². The molecule has 1 amide bonds. The van der Waals surface area contributed by atoms with E-state index in [2.05, 4.69) is 36.9 Å². The standard InChI is InChI=1S/C27H29N3O3S/c1-19-15-20(2)26-24(16-19)28-27(34-26)30(10-9-29-11-13-32-14-12-29)25(31)18-33-23-8-7-21-5-3-4-6-22(21)17-23/h3-8,15-17H,9-14,18H2,1-2H3. The van der Waals surface area contributed by atoms with Gasteiger partial charge in [-0.15, -0.1) is 0 Å². The molecule has 4 aromatic rings. The van der Waals surface area contributed by atoms with E-state index in [-0.39, 0.29) is 12.5 Å². The molecule has 1 aliphatic rings. The summed E-state index contributed by atoms with van der Waals surface area (Å²) in [5.41, 5.74) is 3.30. The Morgan fingerprint density at radius 2 is 1.88 bits per heavy atom. The van der Waals surface area contributed by atoms with Gasteiger partial charge >= 0.3 is 0 Å². The zero-order valence-corrected chi connectivity index (χ0v) is 20.4. The smallest absolute Gasteiger partial charge is 0.266 e. The fourth-order valence-electron chi connectivity index (χ4n) is 4.35. The number of thiazole rings is 1. The Kier molecular flexibility index (Phi) is 6.76. The van der Waals surface area contributed by atoms with Crippen LogP contribution in [0, 0.1) is 13.8 Å². The van der Waals surface area contributed by atoms with E-state index in [1.165, 1.54) is 11.1 Å². The number of carbonyl (C=O) groups excluding carboxylic acids is 1. The SMILES string of the molecule is Cc1cc(C)c2sc(N(CCN3CCOCC3)C(=O)COc3ccc4ccccc4c3)nc2c1. The van der Waals surface area contributed by atoms with Crippen molar-refractivity contribution in [3.8, 4) is 5.75 Å². The number of hydrogen-bond acceptors (Lipinski definition) is 6. The molecule has 0 N–H and O–H groups in total. The van der Waals surface area contributed by atoms with Crippen LogP contribution >= 0.6 is 11.3 Å². The molecule has 1 aliphatic heterocycles. The molecule has 0 atom stereocenters. The van der Waals surface area contributed by atoms with Crippen molar-refractivity contribution in [2.75, 3.05) is 50.9 Å². The summed E-state index contributed by atoms with van der Waals surface area (Å²) < 4.78 is 12.5. The first-order valence-corrected chi connectivity index (χ1v) is 12.5. The van der Waals surface area contributed by atoms with Gasteiger partial charge in [0.1, 0.15) is 5.75 Å². The lowest BCUT2D eigenvalue weighted by atomic mass is 10.1. The zero-order valence-electron chi connectivity index (χ0n) is 19.6. The van der Waals surface area contributed by atoms with E-state index in [9.17, 15) is 4.79 Å². The Bertz CT molecular complexity index is 1310. The van der Waals surface area contributed by atoms with Crippen LogP contribution in [0.1, 0.15) is 11.1 Å². The Balaban J connectivity index is 1.36. The van der Waals surface area contributed by atoms with E-state index in [4.69, 9.17) is 14.5 Å². The minimum absolute atomic E-state index is 0.0324. The summed E-state index contributed by atoms with van der Waals surface area (Å²) in [5, 5.41) is 2.96. The summed E-state index contributed by atoms with van der Waals surface area (Å²) in [4.78, 5) is 22.4. The average molecular weight is 476 g/mol. The van der Waals surface area contributed by atoms with E-state index in [0.717, 1.165) is 59.0 Å². The quantitative estimate of drug-likeness (QED) is 0.384. The van der Waals surface area contributed by atoms with Gasteiger partial charge in [-0.3, -0.25) is 14.6 Å². The van der Waals surface area contributed by atoms with Crippen molar-refractivity contribution < 1.29 is 14.3 Å². The van der Waals surface area contributed by atoms with E-state index < -0.39 is 0 Å². The van der Waals surface area contributed by atoms with Crippen LogP contribution in [-0.4, -0.2) is 61.8 Å². The summed E-state index contributed by atoms with van der Waals surface area (Å²) in [7, 11) is 0. The Labute approximate surface area is 203 Å². The largest absolute Gasteiger partial charge is 0.484 e. The first-order valence-electron chi connectivity index (χ1n) is 11.7. The second-order valence-corrected chi connectivity index (χ2v) is 9.70. The van der Waals surface area contributed by atoms with Crippen molar-refractivity contribution in [2.45, 2.75) is 13.8 Å². The van der Waals surface area contributed by atoms with Gasteiger partial charge in [-0.1, -0.05) is 47.7 Å². The predicted molar refractivity (Wildman–Crippen MR) is 138 cm³/mol. The molecule has 1 aromatic heterocycles. The fraction of sp³-hybridized carbons (Fsp3) is 0.333. The maximum atomic E-state index is 13.4. The van der Waals surface area contributed by atoms with Gasteiger partial charge in [0.2, 0.25) is 0 Å². The highest BCUT2D eigenvalue weighted by molar-refractivity contribution is 7.22. The van der Waals surface area contributed by atoms with Crippen LogP contribution in [-0.2, 0) is 9.53 Å². The monoisotopic (exact) mass is 475 g/mol. The lowest BCUT2D eigenvalue weighted by Crippen LogP contribution is -2.44. The number of nitrogens with zero attached hydrogens (tertiary/aromatic N) is 3. The molecule has 0 aliphatic carbocycles. The first kappa shape index (κ1) is 22.8. The van der Waals surface area contributed by atoms with Crippen LogP contribution in [0.2, 0.25) is 0 Å². The summed E-state index contributed by atoms with van der Waals surface area (Å²) in [6.45, 7) is 8.72. The Hall–Kier alpha value is -3.00. The summed E-state index contributed by atoms with van der Waals surface area (Å²) in [6.07, 6.45) is 0. The Morgan fingerprint density at radius 3 is 2.71 bits per heavy atom. The van der Waals surface area contributed by atoms with Crippen molar-refractivity contribution in [1.29, 1.82) is 0 Å². The Morgan fingerprint density at radius 1 is 1.09 bits per heavy atom. The average Bonchev–Trinajstić information content (AvgIpc) is 3.27. The zero-order chi connectivity index (χ0) is 23.5. The number of amides is 1. The molecule has 5 rings (SSSR count). The van der Waals surface area contributed by atoms with Crippen LogP contribution < -0.4 is 9.64 Å². The van der Waals surface area contributed by atoms with Gasteiger partial charge in [0, 0.05) is 26.2 Å². The molecule has 0 unspecified atom stereocenters. The molecular formula is C27H29N3O3S. The number of morpholine rings is 1. The third kappa shape index (κ3) is 5.06. The van der Waals surface area contributed by atoms with Crippen molar-refractivity contribution >= 4 is 43.4 Å². The van der Waals surface area contributed by atoms with E-state index >= 15 is 0 Å². The number of ether oxygens (including phenoxy) is 2. The normalized spacial score (nSPS) is 14.5. The number of hydrogen-bond donors (Lipinski definition) is 0. The molecule has 3 aromatic carbocycles. The molecule has 6 nitrogen and oxygen atoms in total. The van der Waals surface area contributed by atoms with Crippen molar-refractivity contribution in [3.63, 3.8) is 0 Å². The third-order valence-electron chi connectivity index (χ3n) is 6.17. The van der Waals surface area contributed by atoms with Gasteiger partial charge in [-0.25, -0.2) is 4.98 Å². The molecule has 2 heterocycles. The van der Waals surface area contributed by atoms with Crippen LogP contribution in [0.4, 0.5) is 5.13 Å². The highest BCUT2D eigenvalue weighted by Crippen LogP contribution is 2.32. The van der Waals surface area contributed by atoms with Gasteiger partial charge in [0.05, 0.1) is 23.4 Å². The lowest BCUT2D eigenvalue weighted by Gasteiger charge is -2.29. The number of fused-ring (bicyclic) bond motifs is 2. The van der Waals surface area contributed by atoms with E-state index in [0.29, 0.717) is 12.3 Å². The number of anilines is 1. The van der Waals surface area contributed by atoms with Crippen molar-refractivity contribution in [3.05, 3.63) is 65.7 Å². The van der Waals surface area contributed by atoms with Crippen LogP contribution in [0.3, 0.4) is 0 Å². The highest BCUT2D eigenvalue weighted by atomic mass is 32.1. The van der Waals surface area contributed by atoms with E-state index in [1.807, 2.05) is 36.4 Å². The van der Waals surface area contributed by atoms with Gasteiger partial charge in [-0.05, 0) is 53.9 Å². The molecule has 1 fully saturated rings. The molecule has 176 valence electrons. The number of aromatic nitrogens is 1. The number of rotatable bonds is 7. The molecule has 0 radical (unpaired) electrons. The number of aryl methyl sites for hydroxylation is 2. The number of benzene rings is 3. The van der Waals surface area contributed by atoms with Crippen molar-refractivity contribution in [1.82, 2.24) is 9.88 Å².